The van der Waals surface area contributed by atoms with Crippen molar-refractivity contribution in [2.45, 2.75) is 26.3 Å². The first-order valence-corrected chi connectivity index (χ1v) is 6.74. The number of rotatable bonds is 2. The van der Waals surface area contributed by atoms with Crippen LogP contribution in [-0.4, -0.2) is 16.6 Å². The number of hydrogen-bond acceptors (Lipinski definition) is 5. The zero-order chi connectivity index (χ0) is 14.1. The Kier molecular flexibility index (Phi) is 3.18. The summed E-state index contributed by atoms with van der Waals surface area (Å²) in [6.45, 7) is 4.48. The fraction of sp³-hybridized carbons (Fsp3) is 0.333. The predicted molar refractivity (Wildman–Crippen MR) is 78.8 cm³/mol. The van der Waals surface area contributed by atoms with Crippen LogP contribution in [0.15, 0.2) is 24.3 Å². The van der Waals surface area contributed by atoms with Crippen LogP contribution in [-0.2, 0) is 0 Å². The standard InChI is InChI=1S/C15H18N4O/c1-9-14(16)17-10(2)18-15(9)19-12-7-8-20-13-6-4-3-5-11(12)13/h3-6,12H,7-8H2,1-2H3,(H3,16,17,18,19). The molecule has 1 aromatic heterocycles. The molecule has 2 aromatic rings. The molecule has 0 saturated carbocycles. The van der Waals surface area contributed by atoms with Gasteiger partial charge in [0, 0.05) is 17.5 Å². The lowest BCUT2D eigenvalue weighted by Crippen LogP contribution is -2.21. The van der Waals surface area contributed by atoms with Crippen molar-refractivity contribution in [3.8, 4) is 5.75 Å². The van der Waals surface area contributed by atoms with Gasteiger partial charge in [0.1, 0.15) is 23.2 Å². The summed E-state index contributed by atoms with van der Waals surface area (Å²) in [6.07, 6.45) is 0.902. The molecule has 1 aromatic carbocycles. The third kappa shape index (κ3) is 2.27. The van der Waals surface area contributed by atoms with Crippen molar-refractivity contribution >= 4 is 11.6 Å². The van der Waals surface area contributed by atoms with Gasteiger partial charge in [-0.2, -0.15) is 0 Å². The Labute approximate surface area is 118 Å². The van der Waals surface area contributed by atoms with Gasteiger partial charge in [-0.05, 0) is 19.9 Å². The Hall–Kier alpha value is -2.30. The Morgan fingerprint density at radius 3 is 2.90 bits per heavy atom. The molecule has 0 amide bonds. The Morgan fingerprint density at radius 2 is 2.05 bits per heavy atom. The van der Waals surface area contributed by atoms with Crippen LogP contribution in [0.5, 0.6) is 5.75 Å². The molecular weight excluding hydrogens is 252 g/mol. The Balaban J connectivity index is 1.93. The van der Waals surface area contributed by atoms with Crippen molar-refractivity contribution < 1.29 is 4.74 Å². The molecule has 20 heavy (non-hydrogen) atoms. The first-order valence-electron chi connectivity index (χ1n) is 6.74. The monoisotopic (exact) mass is 270 g/mol. The topological polar surface area (TPSA) is 73.1 Å². The molecule has 104 valence electrons. The van der Waals surface area contributed by atoms with Gasteiger partial charge in [-0.15, -0.1) is 0 Å². The lowest BCUT2D eigenvalue weighted by molar-refractivity contribution is 0.274. The molecule has 0 spiro atoms. The highest BCUT2D eigenvalue weighted by Crippen LogP contribution is 2.34. The molecule has 1 aliphatic heterocycles. The van der Waals surface area contributed by atoms with E-state index in [0.29, 0.717) is 18.2 Å². The van der Waals surface area contributed by atoms with Crippen LogP contribution < -0.4 is 15.8 Å². The van der Waals surface area contributed by atoms with E-state index in [-0.39, 0.29) is 6.04 Å². The van der Waals surface area contributed by atoms with Crippen molar-refractivity contribution in [1.82, 2.24) is 9.97 Å². The third-order valence-electron chi connectivity index (χ3n) is 3.56. The van der Waals surface area contributed by atoms with E-state index >= 15 is 0 Å². The lowest BCUT2D eigenvalue weighted by Gasteiger charge is -2.27. The number of anilines is 2. The number of nitrogens with two attached hydrogens (primary N) is 1. The number of ether oxygens (including phenoxy) is 1. The summed E-state index contributed by atoms with van der Waals surface area (Å²) >= 11 is 0. The zero-order valence-electron chi connectivity index (χ0n) is 11.7. The van der Waals surface area contributed by atoms with Gasteiger partial charge < -0.3 is 15.8 Å². The SMILES string of the molecule is Cc1nc(N)c(C)c(NC2CCOc3ccccc32)n1. The van der Waals surface area contributed by atoms with Crippen LogP contribution in [0.2, 0.25) is 0 Å². The van der Waals surface area contributed by atoms with Crippen LogP contribution in [0.25, 0.3) is 0 Å². The second-order valence-corrected chi connectivity index (χ2v) is 5.00. The number of aryl methyl sites for hydroxylation is 1. The molecule has 1 atom stereocenters. The summed E-state index contributed by atoms with van der Waals surface area (Å²) in [6, 6.07) is 8.27. The van der Waals surface area contributed by atoms with E-state index in [1.54, 1.807) is 0 Å². The first kappa shape index (κ1) is 12.7. The molecule has 3 N–H and O–H groups in total. The highest BCUT2D eigenvalue weighted by molar-refractivity contribution is 5.56. The number of aromatic nitrogens is 2. The van der Waals surface area contributed by atoms with Gasteiger partial charge in [-0.25, -0.2) is 9.97 Å². The third-order valence-corrected chi connectivity index (χ3v) is 3.56. The number of hydrogen-bond donors (Lipinski definition) is 2. The zero-order valence-corrected chi connectivity index (χ0v) is 11.7. The Bertz CT molecular complexity index is 642. The van der Waals surface area contributed by atoms with Crippen LogP contribution in [0.4, 0.5) is 11.6 Å². The number of para-hydroxylation sites is 1. The summed E-state index contributed by atoms with van der Waals surface area (Å²) in [5, 5.41) is 3.48. The van der Waals surface area contributed by atoms with Gasteiger partial charge in [-0.1, -0.05) is 18.2 Å². The molecule has 0 aliphatic carbocycles. The maximum absolute atomic E-state index is 5.91. The summed E-state index contributed by atoms with van der Waals surface area (Å²) in [5.74, 6) is 2.95. The van der Waals surface area contributed by atoms with Crippen molar-refractivity contribution in [3.05, 3.63) is 41.2 Å². The van der Waals surface area contributed by atoms with Gasteiger partial charge in [0.15, 0.2) is 0 Å². The van der Waals surface area contributed by atoms with Gasteiger partial charge in [0.25, 0.3) is 0 Å². The fourth-order valence-corrected chi connectivity index (χ4v) is 2.45. The average Bonchev–Trinajstić information content (AvgIpc) is 2.44. The van der Waals surface area contributed by atoms with E-state index in [9.17, 15) is 0 Å². The molecule has 1 unspecified atom stereocenters. The molecule has 5 heteroatoms. The number of nitrogens with one attached hydrogen (secondary N) is 1. The highest BCUT2D eigenvalue weighted by atomic mass is 16.5. The number of nitrogens with zero attached hydrogens (tertiary/aromatic N) is 2. The summed E-state index contributed by atoms with van der Waals surface area (Å²) < 4.78 is 5.67. The van der Waals surface area contributed by atoms with Gasteiger partial charge >= 0.3 is 0 Å². The molecular formula is C15H18N4O. The van der Waals surface area contributed by atoms with Gasteiger partial charge in [-0.3, -0.25) is 0 Å². The number of nitrogen functional groups attached to an aromatic ring is 1. The van der Waals surface area contributed by atoms with Gasteiger partial charge in [0.2, 0.25) is 0 Å². The van der Waals surface area contributed by atoms with Crippen LogP contribution in [0, 0.1) is 13.8 Å². The maximum atomic E-state index is 5.91. The minimum absolute atomic E-state index is 0.187. The molecule has 5 nitrogen and oxygen atoms in total. The normalized spacial score (nSPS) is 17.2. The smallest absolute Gasteiger partial charge is 0.135 e. The average molecular weight is 270 g/mol. The predicted octanol–water partition coefficient (Wildman–Crippen LogP) is 2.61. The first-order chi connectivity index (χ1) is 9.65. The molecule has 0 saturated heterocycles. The largest absolute Gasteiger partial charge is 0.493 e. The van der Waals surface area contributed by atoms with Crippen LogP contribution >= 0.6 is 0 Å². The quantitative estimate of drug-likeness (QED) is 0.877. The van der Waals surface area contributed by atoms with Crippen molar-refractivity contribution in [3.63, 3.8) is 0 Å². The molecule has 0 bridgehead atoms. The summed E-state index contributed by atoms with van der Waals surface area (Å²) in [7, 11) is 0. The van der Waals surface area contributed by atoms with Crippen LogP contribution in [0.3, 0.4) is 0 Å². The minimum atomic E-state index is 0.187. The van der Waals surface area contributed by atoms with E-state index in [0.717, 1.165) is 29.1 Å². The van der Waals surface area contributed by atoms with Gasteiger partial charge in [0.05, 0.1) is 12.6 Å². The second kappa shape index (κ2) is 5.00. The number of benzene rings is 1. The highest BCUT2D eigenvalue weighted by Gasteiger charge is 2.22. The molecule has 0 radical (unpaired) electrons. The number of fused-ring (bicyclic) bond motifs is 1. The van der Waals surface area contributed by atoms with E-state index < -0.39 is 0 Å². The van der Waals surface area contributed by atoms with Crippen molar-refractivity contribution in [2.24, 2.45) is 0 Å². The Morgan fingerprint density at radius 1 is 1.25 bits per heavy atom. The van der Waals surface area contributed by atoms with Crippen molar-refractivity contribution in [1.29, 1.82) is 0 Å². The molecule has 2 heterocycles. The molecule has 0 fully saturated rings. The summed E-state index contributed by atoms with van der Waals surface area (Å²) in [4.78, 5) is 8.63. The van der Waals surface area contributed by atoms with Crippen molar-refractivity contribution in [2.75, 3.05) is 17.7 Å². The molecule has 1 aliphatic rings. The summed E-state index contributed by atoms with van der Waals surface area (Å²) in [5.41, 5.74) is 7.95. The second-order valence-electron chi connectivity index (χ2n) is 5.00. The van der Waals surface area contributed by atoms with E-state index in [4.69, 9.17) is 10.5 Å². The minimum Gasteiger partial charge on any atom is -0.493 e. The van der Waals surface area contributed by atoms with E-state index in [1.807, 2.05) is 32.0 Å². The lowest BCUT2D eigenvalue weighted by atomic mass is 10.0. The molecule has 3 rings (SSSR count). The fourth-order valence-electron chi connectivity index (χ4n) is 2.45. The maximum Gasteiger partial charge on any atom is 0.135 e. The van der Waals surface area contributed by atoms with E-state index in [1.165, 1.54) is 0 Å². The van der Waals surface area contributed by atoms with E-state index in [2.05, 4.69) is 21.4 Å². The van der Waals surface area contributed by atoms with Crippen LogP contribution in [0.1, 0.15) is 29.4 Å².